The van der Waals surface area contributed by atoms with Gasteiger partial charge in [0.25, 0.3) is 0 Å². The molecule has 9 heteroatoms. The van der Waals surface area contributed by atoms with Crippen molar-refractivity contribution in [2.45, 2.75) is 56.3 Å². The Labute approximate surface area is 142 Å². The highest BCUT2D eigenvalue weighted by atomic mass is 79.9. The molecule has 1 aliphatic carbocycles. The van der Waals surface area contributed by atoms with Crippen LogP contribution in [0.4, 0.5) is 30.7 Å². The van der Waals surface area contributed by atoms with E-state index in [0.29, 0.717) is 0 Å². The van der Waals surface area contributed by atoms with E-state index in [0.717, 1.165) is 19.9 Å². The summed E-state index contributed by atoms with van der Waals surface area (Å²) in [5.41, 5.74) is -5.05. The Hall–Kier alpha value is -0.990. The number of halogens is 8. The molecule has 136 valence electrons. The average Bonchev–Trinajstić information content (AvgIpc) is 3.12. The number of phenolic OH excluding ortho intramolecular Hbond substituents is 1. The number of hydrogen-bond acceptors (Lipinski definition) is 1. The zero-order valence-corrected chi connectivity index (χ0v) is 14.3. The van der Waals surface area contributed by atoms with Gasteiger partial charge in [-0.3, -0.25) is 0 Å². The van der Waals surface area contributed by atoms with Crippen molar-refractivity contribution in [1.29, 1.82) is 0 Å². The number of alkyl halides is 6. The lowest BCUT2D eigenvalue weighted by atomic mass is 9.80. The monoisotopic (exact) mass is 422 g/mol. The van der Waals surface area contributed by atoms with Crippen LogP contribution in [0, 0.1) is 5.82 Å². The van der Waals surface area contributed by atoms with E-state index in [4.69, 9.17) is 0 Å². The first-order chi connectivity index (χ1) is 10.6. The van der Waals surface area contributed by atoms with Gasteiger partial charge in [-0.25, -0.2) is 4.39 Å². The van der Waals surface area contributed by atoms with Gasteiger partial charge in [0.15, 0.2) is 11.6 Å². The van der Waals surface area contributed by atoms with Crippen molar-refractivity contribution < 1.29 is 35.8 Å². The predicted molar refractivity (Wildman–Crippen MR) is 76.4 cm³/mol. The molecule has 1 aromatic carbocycles. The summed E-state index contributed by atoms with van der Waals surface area (Å²) in [5, 5.41) is 9.89. The molecule has 0 bridgehead atoms. The van der Waals surface area contributed by atoms with Gasteiger partial charge < -0.3 is 5.11 Å². The van der Waals surface area contributed by atoms with Crippen LogP contribution in [0.15, 0.2) is 10.5 Å². The lowest BCUT2D eigenvalue weighted by Crippen LogP contribution is -2.37. The molecule has 0 spiro atoms. The van der Waals surface area contributed by atoms with Crippen LogP contribution in [-0.4, -0.2) is 17.5 Å². The molecule has 1 nitrogen and oxygen atoms in total. The number of rotatable bonds is 3. The second kappa shape index (κ2) is 5.51. The third kappa shape index (κ3) is 3.23. The van der Waals surface area contributed by atoms with Crippen molar-refractivity contribution in [3.63, 3.8) is 0 Å². The second-order valence-corrected chi connectivity index (χ2v) is 7.44. The van der Waals surface area contributed by atoms with E-state index in [1.165, 1.54) is 0 Å². The Morgan fingerprint density at radius 1 is 1.12 bits per heavy atom. The molecule has 1 fully saturated rings. The fourth-order valence-electron chi connectivity index (χ4n) is 2.70. The summed E-state index contributed by atoms with van der Waals surface area (Å²) in [6.07, 6.45) is -10.6. The maximum atomic E-state index is 14.2. The number of hydrogen-bond donors (Lipinski definition) is 1. The zero-order chi connectivity index (χ0) is 18.7. The van der Waals surface area contributed by atoms with E-state index < -0.39 is 56.8 Å². The highest BCUT2D eigenvalue weighted by Gasteiger charge is 2.55. The largest absolute Gasteiger partial charge is 0.505 e. The van der Waals surface area contributed by atoms with Crippen molar-refractivity contribution in [2.24, 2.45) is 0 Å². The summed E-state index contributed by atoms with van der Waals surface area (Å²) in [7, 11) is 0. The van der Waals surface area contributed by atoms with Crippen molar-refractivity contribution in [1.82, 2.24) is 0 Å². The van der Waals surface area contributed by atoms with Gasteiger partial charge in [0.1, 0.15) is 0 Å². The van der Waals surface area contributed by atoms with Crippen LogP contribution in [0.25, 0.3) is 0 Å². The first kappa shape index (κ1) is 19.3. The van der Waals surface area contributed by atoms with Crippen LogP contribution < -0.4 is 0 Å². The van der Waals surface area contributed by atoms with Crippen molar-refractivity contribution in [3.8, 4) is 5.75 Å². The van der Waals surface area contributed by atoms with Gasteiger partial charge in [0.05, 0.1) is 16.3 Å². The normalized spacial score (nSPS) is 17.9. The van der Waals surface area contributed by atoms with E-state index in [1.54, 1.807) is 0 Å². The van der Waals surface area contributed by atoms with Gasteiger partial charge in [-0.1, -0.05) is 0 Å². The van der Waals surface area contributed by atoms with Crippen LogP contribution in [-0.2, 0) is 10.8 Å². The molecule has 1 aliphatic rings. The van der Waals surface area contributed by atoms with Gasteiger partial charge in [0, 0.05) is 11.0 Å². The molecule has 1 saturated carbocycles. The van der Waals surface area contributed by atoms with Gasteiger partial charge >= 0.3 is 12.4 Å². The number of aromatic hydroxyl groups is 1. The Bertz CT molecular complexity index is 657. The van der Waals surface area contributed by atoms with Crippen molar-refractivity contribution >= 4 is 15.9 Å². The fraction of sp³-hybridized carbons (Fsp3) is 0.600. The quantitative estimate of drug-likeness (QED) is 0.581. The molecule has 1 N–H and O–H groups in total. The minimum atomic E-state index is -4.75. The van der Waals surface area contributed by atoms with Crippen LogP contribution in [0.5, 0.6) is 5.75 Å². The first-order valence-corrected chi connectivity index (χ1v) is 7.77. The Morgan fingerprint density at radius 3 is 2.00 bits per heavy atom. The van der Waals surface area contributed by atoms with Crippen molar-refractivity contribution in [2.75, 3.05) is 0 Å². The lowest BCUT2D eigenvalue weighted by molar-refractivity contribution is -0.180. The summed E-state index contributed by atoms with van der Waals surface area (Å²) in [6, 6.07) is 0.842. The van der Waals surface area contributed by atoms with Crippen LogP contribution >= 0.6 is 15.9 Å². The van der Waals surface area contributed by atoms with E-state index in [2.05, 4.69) is 15.9 Å². The van der Waals surface area contributed by atoms with E-state index >= 15 is 0 Å². The molecule has 0 aliphatic heterocycles. The third-order valence-corrected chi connectivity index (χ3v) is 5.30. The highest BCUT2D eigenvalue weighted by molar-refractivity contribution is 9.10. The van der Waals surface area contributed by atoms with Gasteiger partial charge in [0.2, 0.25) is 0 Å². The summed E-state index contributed by atoms with van der Waals surface area (Å²) in [4.78, 5) is 0. The SMILES string of the molecule is CC(C)(c1cc(C2(CC(F)(F)F)CC2)c(O)c(F)c1Br)C(F)(F)F. The third-order valence-electron chi connectivity index (χ3n) is 4.53. The molecule has 0 aromatic heterocycles. The minimum Gasteiger partial charge on any atom is -0.505 e. The topological polar surface area (TPSA) is 20.2 Å². The molecule has 0 unspecified atom stereocenters. The van der Waals surface area contributed by atoms with E-state index in [9.17, 15) is 35.8 Å². The van der Waals surface area contributed by atoms with Crippen molar-refractivity contribution in [3.05, 3.63) is 27.5 Å². The molecular weight excluding hydrogens is 409 g/mol. The molecule has 0 radical (unpaired) electrons. The molecule has 2 rings (SSSR count). The maximum Gasteiger partial charge on any atom is 0.397 e. The molecule has 0 amide bonds. The highest BCUT2D eigenvalue weighted by Crippen LogP contribution is 2.59. The van der Waals surface area contributed by atoms with E-state index in [1.807, 2.05) is 0 Å². The Morgan fingerprint density at radius 2 is 1.62 bits per heavy atom. The number of phenols is 1. The summed E-state index contributed by atoms with van der Waals surface area (Å²) in [6.45, 7) is 1.60. The van der Waals surface area contributed by atoms with Gasteiger partial charge in [-0.2, -0.15) is 26.3 Å². The minimum absolute atomic E-state index is 0.0209. The molecule has 24 heavy (non-hydrogen) atoms. The van der Waals surface area contributed by atoms with Gasteiger partial charge in [-0.05, 0) is 54.2 Å². The van der Waals surface area contributed by atoms with Crippen LogP contribution in [0.3, 0.4) is 0 Å². The molecule has 0 atom stereocenters. The summed E-state index contributed by atoms with van der Waals surface area (Å²) >= 11 is 2.68. The number of benzene rings is 1. The molecule has 1 aromatic rings. The fourth-order valence-corrected chi connectivity index (χ4v) is 3.50. The zero-order valence-electron chi connectivity index (χ0n) is 12.7. The summed E-state index contributed by atoms with van der Waals surface area (Å²) < 4.78 is 91.6. The van der Waals surface area contributed by atoms with Crippen LogP contribution in [0.1, 0.15) is 44.2 Å². The molecular formula is C15H14BrF7O. The molecule has 0 saturated heterocycles. The average molecular weight is 423 g/mol. The maximum absolute atomic E-state index is 14.2. The van der Waals surface area contributed by atoms with E-state index in [-0.39, 0.29) is 12.8 Å². The molecule has 0 heterocycles. The van der Waals surface area contributed by atoms with Crippen LogP contribution in [0.2, 0.25) is 0 Å². The second-order valence-electron chi connectivity index (χ2n) is 6.64. The Kier molecular flexibility index (Phi) is 4.44. The Balaban J connectivity index is 2.65. The first-order valence-electron chi connectivity index (χ1n) is 6.98. The summed E-state index contributed by atoms with van der Waals surface area (Å²) in [5.74, 6) is -2.42. The van der Waals surface area contributed by atoms with Gasteiger partial charge in [-0.15, -0.1) is 0 Å². The smallest absolute Gasteiger partial charge is 0.397 e. The standard InChI is InChI=1S/C15H14BrF7O/c1-12(2,15(21,22)23)7-5-8(11(24)10(17)9(7)16)13(3-4-13)6-14(18,19)20/h5,24H,3-4,6H2,1-2H3. The predicted octanol–water partition coefficient (Wildman–Crippen LogP) is 6.12. The lowest BCUT2D eigenvalue weighted by Gasteiger charge is -2.31.